The van der Waals surface area contributed by atoms with Crippen molar-refractivity contribution < 1.29 is 19.4 Å². The molecule has 2 N–H and O–H groups in total. The molecule has 0 aromatic heterocycles. The van der Waals surface area contributed by atoms with Crippen LogP contribution in [-0.2, 0) is 17.8 Å². The Labute approximate surface area is 323 Å². The zero-order chi connectivity index (χ0) is 37.2. The van der Waals surface area contributed by atoms with Crippen molar-refractivity contribution in [1.82, 2.24) is 15.1 Å². The Balaban J connectivity index is 0.785. The second kappa shape index (κ2) is 15.9. The number of ether oxygens (including phenoxy) is 1. The number of phenolic OH excluding ortho intramolecular Hbond substituents is 1. The molecule has 0 saturated carbocycles. The van der Waals surface area contributed by atoms with Crippen LogP contribution in [0.2, 0.25) is 5.02 Å². The summed E-state index contributed by atoms with van der Waals surface area (Å²) in [5.41, 5.74) is 8.28. The number of carbonyl (C=O) groups is 2. The third kappa shape index (κ3) is 7.46. The zero-order valence-corrected chi connectivity index (χ0v) is 31.6. The van der Waals surface area contributed by atoms with E-state index in [1.807, 2.05) is 24.3 Å². The lowest BCUT2D eigenvalue weighted by molar-refractivity contribution is -0.126. The first kappa shape index (κ1) is 36.2. The molecule has 2 amide bonds. The molecule has 1 aliphatic carbocycles. The fourth-order valence-electron chi connectivity index (χ4n) is 8.98. The number of fused-ring (bicyclic) bond motifs is 2. The standard InChI is InChI=1S/C45H49ClN4O4/c1-30-10-20-41(44(52)47-30)50-29-39-38(45(50)53)19-21-40(43(39)46)49-25-23-48(24-26-49)22-6-3-7-27-54-35-15-11-32(12-16-35)42-36(31-8-4-2-5-9-31)17-13-33-28-34(51)14-18-37(33)42/h2,4-5,8-9,11-12,14-16,18-19,21,28,36,41-42,51H,1,3,6-7,10,13,17,20,22-27,29H2,(H,47,52)/t36-,41?,42+/m0/s1. The second-order valence-electron chi connectivity index (χ2n) is 15.2. The number of carbonyl (C=O) groups excluding carboxylic acids is 2. The number of benzene rings is 4. The lowest BCUT2D eigenvalue weighted by Gasteiger charge is -2.36. The van der Waals surface area contributed by atoms with Crippen LogP contribution in [0.4, 0.5) is 5.69 Å². The fraction of sp³-hybridized carbons (Fsp3) is 0.378. The minimum absolute atomic E-state index is 0.124. The van der Waals surface area contributed by atoms with E-state index in [9.17, 15) is 14.7 Å². The topological polar surface area (TPSA) is 85.4 Å². The summed E-state index contributed by atoms with van der Waals surface area (Å²) < 4.78 is 6.19. The average molecular weight is 745 g/mol. The lowest BCUT2D eigenvalue weighted by Crippen LogP contribution is -2.49. The summed E-state index contributed by atoms with van der Waals surface area (Å²) in [7, 11) is 0. The van der Waals surface area contributed by atoms with Crippen molar-refractivity contribution in [2.75, 3.05) is 44.2 Å². The van der Waals surface area contributed by atoms with Crippen molar-refractivity contribution in [2.45, 2.75) is 69.4 Å². The van der Waals surface area contributed by atoms with Crippen LogP contribution in [0.1, 0.15) is 88.5 Å². The van der Waals surface area contributed by atoms with Crippen molar-refractivity contribution in [1.29, 1.82) is 0 Å². The van der Waals surface area contributed by atoms with Crippen LogP contribution in [0.25, 0.3) is 0 Å². The number of nitrogens with one attached hydrogen (secondary N) is 1. The smallest absolute Gasteiger partial charge is 0.255 e. The minimum atomic E-state index is -0.492. The minimum Gasteiger partial charge on any atom is -0.508 e. The molecule has 0 spiro atoms. The molecule has 9 heteroatoms. The number of phenols is 1. The molecule has 8 rings (SSSR count). The quantitative estimate of drug-likeness (QED) is 0.151. The number of rotatable bonds is 11. The van der Waals surface area contributed by atoms with E-state index >= 15 is 0 Å². The molecule has 4 aliphatic rings. The maximum Gasteiger partial charge on any atom is 0.255 e. The molecule has 2 fully saturated rings. The fourth-order valence-corrected chi connectivity index (χ4v) is 9.33. The molecular formula is C45H49ClN4O4. The maximum absolute atomic E-state index is 13.2. The Morgan fingerprint density at radius 3 is 2.43 bits per heavy atom. The van der Waals surface area contributed by atoms with E-state index in [2.05, 4.69) is 82.4 Å². The van der Waals surface area contributed by atoms with Crippen molar-refractivity contribution >= 4 is 29.1 Å². The summed E-state index contributed by atoms with van der Waals surface area (Å²) in [5, 5.41) is 13.6. The number of piperidine rings is 1. The highest BCUT2D eigenvalue weighted by Gasteiger charge is 2.40. The highest BCUT2D eigenvalue weighted by atomic mass is 35.5. The SMILES string of the molecule is C=C1CCC(N2Cc3c(ccc(N4CCN(CCCCCOc5ccc([C@H]6c7ccc(O)cc7CC[C@H]6c6ccccc6)cc5)CC4)c3Cl)C2=O)C(=O)N1. The molecule has 4 aromatic carbocycles. The monoisotopic (exact) mass is 744 g/mol. The van der Waals surface area contributed by atoms with Crippen LogP contribution < -0.4 is 15.0 Å². The van der Waals surface area contributed by atoms with Gasteiger partial charge in [0.1, 0.15) is 17.5 Å². The van der Waals surface area contributed by atoms with E-state index < -0.39 is 6.04 Å². The molecular weight excluding hydrogens is 696 g/mol. The molecule has 8 nitrogen and oxygen atoms in total. The molecule has 0 bridgehead atoms. The molecule has 1 unspecified atom stereocenters. The van der Waals surface area contributed by atoms with Crippen LogP contribution >= 0.6 is 11.6 Å². The number of allylic oxidation sites excluding steroid dienone is 1. The number of hydrogen-bond acceptors (Lipinski definition) is 6. The third-order valence-electron chi connectivity index (χ3n) is 11.9. The Kier molecular flexibility index (Phi) is 10.7. The maximum atomic E-state index is 13.2. The predicted molar refractivity (Wildman–Crippen MR) is 214 cm³/mol. The van der Waals surface area contributed by atoms with E-state index in [0.717, 1.165) is 81.8 Å². The van der Waals surface area contributed by atoms with E-state index in [-0.39, 0.29) is 17.7 Å². The highest BCUT2D eigenvalue weighted by Crippen LogP contribution is 2.47. The molecule has 0 radical (unpaired) electrons. The highest BCUT2D eigenvalue weighted by molar-refractivity contribution is 6.35. The van der Waals surface area contributed by atoms with Crippen LogP contribution in [0.5, 0.6) is 11.5 Å². The number of hydrogen-bond donors (Lipinski definition) is 2. The van der Waals surface area contributed by atoms with E-state index in [0.29, 0.717) is 53.9 Å². The van der Waals surface area contributed by atoms with Crippen LogP contribution in [0.3, 0.4) is 0 Å². The number of piperazine rings is 1. The van der Waals surface area contributed by atoms with E-state index in [4.69, 9.17) is 16.3 Å². The number of nitrogens with zero attached hydrogens (tertiary/aromatic N) is 3. The van der Waals surface area contributed by atoms with Gasteiger partial charge in [-0.15, -0.1) is 0 Å². The van der Waals surface area contributed by atoms with Gasteiger partial charge in [-0.3, -0.25) is 14.5 Å². The van der Waals surface area contributed by atoms with Gasteiger partial charge < -0.3 is 25.0 Å². The molecule has 54 heavy (non-hydrogen) atoms. The largest absolute Gasteiger partial charge is 0.508 e. The molecule has 4 aromatic rings. The Morgan fingerprint density at radius 2 is 1.65 bits per heavy atom. The Hall–Kier alpha value is -4.79. The summed E-state index contributed by atoms with van der Waals surface area (Å²) in [6.45, 7) is 9.66. The normalized spacial score (nSPS) is 21.5. The molecule has 3 atom stereocenters. The Bertz CT molecular complexity index is 2010. The van der Waals surface area contributed by atoms with Gasteiger partial charge in [0.15, 0.2) is 0 Å². The molecule has 3 heterocycles. The van der Waals surface area contributed by atoms with Gasteiger partial charge in [-0.05, 0) is 116 Å². The zero-order valence-electron chi connectivity index (χ0n) is 30.8. The second-order valence-corrected chi connectivity index (χ2v) is 15.6. The molecule has 3 aliphatic heterocycles. The summed E-state index contributed by atoms with van der Waals surface area (Å²) in [6.07, 6.45) is 6.51. The van der Waals surface area contributed by atoms with Gasteiger partial charge in [0.2, 0.25) is 5.91 Å². The predicted octanol–water partition coefficient (Wildman–Crippen LogP) is 8.03. The number of unbranched alkanes of at least 4 members (excludes halogenated alkanes) is 2. The van der Waals surface area contributed by atoms with Gasteiger partial charge in [-0.25, -0.2) is 0 Å². The van der Waals surface area contributed by atoms with Crippen molar-refractivity contribution in [2.24, 2.45) is 0 Å². The van der Waals surface area contributed by atoms with Crippen LogP contribution in [-0.4, -0.2) is 72.1 Å². The summed E-state index contributed by atoms with van der Waals surface area (Å²) >= 11 is 6.96. The number of aromatic hydroxyl groups is 1. The van der Waals surface area contributed by atoms with Gasteiger partial charge in [0.25, 0.3) is 5.91 Å². The van der Waals surface area contributed by atoms with Crippen molar-refractivity contribution in [3.05, 3.63) is 136 Å². The number of aryl methyl sites for hydroxylation is 1. The molecule has 280 valence electrons. The Morgan fingerprint density at radius 1 is 0.852 bits per heavy atom. The van der Waals surface area contributed by atoms with Crippen LogP contribution in [0.15, 0.2) is 97.2 Å². The van der Waals surface area contributed by atoms with Gasteiger partial charge >= 0.3 is 0 Å². The van der Waals surface area contributed by atoms with E-state index in [1.165, 1.54) is 22.3 Å². The van der Waals surface area contributed by atoms with Gasteiger partial charge in [0, 0.05) is 55.5 Å². The van der Waals surface area contributed by atoms with Gasteiger partial charge in [-0.1, -0.05) is 66.7 Å². The summed E-state index contributed by atoms with van der Waals surface area (Å²) in [6, 6.07) is 28.7. The summed E-state index contributed by atoms with van der Waals surface area (Å²) in [4.78, 5) is 32.4. The summed E-state index contributed by atoms with van der Waals surface area (Å²) in [5.74, 6) is 1.56. The number of anilines is 1. The van der Waals surface area contributed by atoms with E-state index in [1.54, 1.807) is 4.90 Å². The first-order valence-corrected chi connectivity index (χ1v) is 19.9. The van der Waals surface area contributed by atoms with Gasteiger partial charge in [-0.2, -0.15) is 0 Å². The van der Waals surface area contributed by atoms with Gasteiger partial charge in [0.05, 0.1) is 17.3 Å². The number of halogens is 1. The lowest BCUT2D eigenvalue weighted by atomic mass is 9.69. The number of amides is 2. The molecule has 2 saturated heterocycles. The van der Waals surface area contributed by atoms with Crippen LogP contribution in [0, 0.1) is 0 Å². The third-order valence-corrected chi connectivity index (χ3v) is 12.3. The average Bonchev–Trinajstić information content (AvgIpc) is 3.53. The van der Waals surface area contributed by atoms with Crippen molar-refractivity contribution in [3.8, 4) is 11.5 Å². The first-order valence-electron chi connectivity index (χ1n) is 19.5. The first-order chi connectivity index (χ1) is 26.3. The van der Waals surface area contributed by atoms with Crippen molar-refractivity contribution in [3.63, 3.8) is 0 Å².